The first-order valence-corrected chi connectivity index (χ1v) is 10.8. The number of anilines is 1. The summed E-state index contributed by atoms with van der Waals surface area (Å²) in [5.74, 6) is 0.906. The Bertz CT molecular complexity index is 1570. The number of H-pyrrole nitrogens is 1. The molecule has 1 atom stereocenters. The summed E-state index contributed by atoms with van der Waals surface area (Å²) >= 11 is 0. The number of nitrogens with one attached hydrogen (secondary N) is 2. The summed E-state index contributed by atoms with van der Waals surface area (Å²) in [6.07, 6.45) is 0.153. The van der Waals surface area contributed by atoms with Gasteiger partial charge in [0.1, 0.15) is 18.2 Å². The Morgan fingerprint density at radius 1 is 0.939 bits per heavy atom. The Kier molecular flexibility index (Phi) is 4.47. The number of aromatic nitrogens is 3. The van der Waals surface area contributed by atoms with E-state index in [9.17, 15) is 9.59 Å². The van der Waals surface area contributed by atoms with Gasteiger partial charge in [0, 0.05) is 17.9 Å². The number of hydrogen-bond acceptors (Lipinski definition) is 4. The number of carbonyl (C=O) groups is 1. The highest BCUT2D eigenvalue weighted by atomic mass is 16.5. The maximum absolute atomic E-state index is 13.2. The molecule has 2 N–H and O–H groups in total. The minimum absolute atomic E-state index is 0.153. The maximum atomic E-state index is 13.2. The number of para-hydroxylation sites is 3. The van der Waals surface area contributed by atoms with Crippen molar-refractivity contribution >= 4 is 28.5 Å². The molecule has 0 saturated carbocycles. The second-order valence-electron chi connectivity index (χ2n) is 8.09. The van der Waals surface area contributed by atoms with Gasteiger partial charge in [0.2, 0.25) is 11.7 Å². The molecule has 1 amide bonds. The van der Waals surface area contributed by atoms with Gasteiger partial charge in [0.25, 0.3) is 5.56 Å². The van der Waals surface area contributed by atoms with Crippen LogP contribution < -0.4 is 15.6 Å². The lowest BCUT2D eigenvalue weighted by atomic mass is 9.86. The largest absolute Gasteiger partial charge is 0.489 e. The van der Waals surface area contributed by atoms with Gasteiger partial charge in [-0.15, -0.1) is 0 Å². The molecule has 1 aliphatic heterocycles. The second-order valence-corrected chi connectivity index (χ2v) is 8.09. The Morgan fingerprint density at radius 2 is 1.70 bits per heavy atom. The van der Waals surface area contributed by atoms with Crippen molar-refractivity contribution in [2.75, 3.05) is 5.32 Å². The van der Waals surface area contributed by atoms with Crippen molar-refractivity contribution in [3.8, 4) is 5.75 Å². The predicted octanol–water partition coefficient (Wildman–Crippen LogP) is 4.23. The molecule has 0 fully saturated rings. The fraction of sp³-hybridized carbons (Fsp3) is 0.115. The van der Waals surface area contributed by atoms with Crippen LogP contribution in [0.25, 0.3) is 16.8 Å². The number of fused-ring (bicyclic) bond motifs is 5. The number of rotatable bonds is 4. The molecule has 5 aromatic rings. The molecule has 0 radical (unpaired) electrons. The number of benzene rings is 3. The highest BCUT2D eigenvalue weighted by molar-refractivity contribution is 5.96. The molecule has 33 heavy (non-hydrogen) atoms. The van der Waals surface area contributed by atoms with Crippen LogP contribution in [0.2, 0.25) is 0 Å². The van der Waals surface area contributed by atoms with Crippen LogP contribution in [0.3, 0.4) is 0 Å². The Balaban J connectivity index is 1.50. The molecule has 6 rings (SSSR count). The number of hydrogen-bond donors (Lipinski definition) is 2. The molecule has 7 heteroatoms. The van der Waals surface area contributed by atoms with Crippen molar-refractivity contribution in [3.63, 3.8) is 0 Å². The van der Waals surface area contributed by atoms with Crippen molar-refractivity contribution in [1.82, 2.24) is 14.4 Å². The van der Waals surface area contributed by atoms with E-state index in [1.54, 1.807) is 0 Å². The van der Waals surface area contributed by atoms with E-state index in [1.807, 2.05) is 83.3 Å². The van der Waals surface area contributed by atoms with E-state index in [2.05, 4.69) is 15.3 Å². The SMILES string of the molecule is O=C1CC(c2ccccc2OCc2ccccc2)c2c(n3c(nc4ccccc43)[nH]c2=O)N1. The molecule has 7 nitrogen and oxygen atoms in total. The van der Waals surface area contributed by atoms with Gasteiger partial charge in [0.15, 0.2) is 0 Å². The molecule has 1 aliphatic rings. The minimum Gasteiger partial charge on any atom is -0.489 e. The second kappa shape index (κ2) is 7.63. The monoisotopic (exact) mass is 436 g/mol. The average Bonchev–Trinajstić information content (AvgIpc) is 3.21. The summed E-state index contributed by atoms with van der Waals surface area (Å²) in [5, 5.41) is 2.92. The molecule has 0 saturated heterocycles. The first-order valence-electron chi connectivity index (χ1n) is 10.8. The predicted molar refractivity (Wildman–Crippen MR) is 126 cm³/mol. The van der Waals surface area contributed by atoms with Gasteiger partial charge >= 0.3 is 0 Å². The van der Waals surface area contributed by atoms with Gasteiger partial charge < -0.3 is 10.1 Å². The first-order chi connectivity index (χ1) is 16.2. The van der Waals surface area contributed by atoms with E-state index in [-0.39, 0.29) is 17.9 Å². The third kappa shape index (κ3) is 3.25. The molecule has 0 bridgehead atoms. The van der Waals surface area contributed by atoms with Gasteiger partial charge in [-0.05, 0) is 23.8 Å². The van der Waals surface area contributed by atoms with Gasteiger partial charge in [0.05, 0.1) is 16.6 Å². The maximum Gasteiger partial charge on any atom is 0.258 e. The zero-order valence-corrected chi connectivity index (χ0v) is 17.6. The molecule has 0 spiro atoms. The van der Waals surface area contributed by atoms with E-state index in [1.165, 1.54) is 0 Å². The van der Waals surface area contributed by atoms with Crippen LogP contribution in [0.5, 0.6) is 5.75 Å². The number of amides is 1. The Labute approximate surface area is 188 Å². The Morgan fingerprint density at radius 3 is 2.58 bits per heavy atom. The molecule has 1 unspecified atom stereocenters. The first kappa shape index (κ1) is 19.3. The van der Waals surface area contributed by atoms with Crippen LogP contribution in [0, 0.1) is 0 Å². The van der Waals surface area contributed by atoms with E-state index in [0.29, 0.717) is 29.5 Å². The van der Waals surface area contributed by atoms with Crippen LogP contribution in [0.15, 0.2) is 83.7 Å². The zero-order valence-electron chi connectivity index (χ0n) is 17.6. The minimum atomic E-state index is -0.449. The van der Waals surface area contributed by atoms with Crippen molar-refractivity contribution in [2.24, 2.45) is 0 Å². The number of nitrogens with zero attached hydrogens (tertiary/aromatic N) is 2. The average molecular weight is 436 g/mol. The van der Waals surface area contributed by atoms with E-state index in [4.69, 9.17) is 4.74 Å². The summed E-state index contributed by atoms with van der Waals surface area (Å²) in [6, 6.07) is 25.1. The molecule has 3 heterocycles. The third-order valence-electron chi connectivity index (χ3n) is 6.04. The number of aromatic amines is 1. The van der Waals surface area contributed by atoms with Crippen molar-refractivity contribution in [3.05, 3.63) is 106 Å². The zero-order chi connectivity index (χ0) is 22.4. The normalized spacial score (nSPS) is 15.4. The van der Waals surface area contributed by atoms with Crippen LogP contribution >= 0.6 is 0 Å². The van der Waals surface area contributed by atoms with Gasteiger partial charge in [-0.1, -0.05) is 60.7 Å². The van der Waals surface area contributed by atoms with Crippen LogP contribution in [0.4, 0.5) is 5.82 Å². The van der Waals surface area contributed by atoms with Crippen LogP contribution in [-0.2, 0) is 11.4 Å². The van der Waals surface area contributed by atoms with Crippen molar-refractivity contribution < 1.29 is 9.53 Å². The highest BCUT2D eigenvalue weighted by Gasteiger charge is 2.33. The molecule has 3 aromatic carbocycles. The lowest BCUT2D eigenvalue weighted by molar-refractivity contribution is -0.116. The number of carbonyl (C=O) groups excluding carboxylic acids is 1. The lowest BCUT2D eigenvalue weighted by Gasteiger charge is -2.27. The van der Waals surface area contributed by atoms with Crippen LogP contribution in [-0.4, -0.2) is 20.3 Å². The summed E-state index contributed by atoms with van der Waals surface area (Å²) in [7, 11) is 0. The topological polar surface area (TPSA) is 88.5 Å². The highest BCUT2D eigenvalue weighted by Crippen LogP contribution is 2.39. The summed E-state index contributed by atoms with van der Waals surface area (Å²) in [5.41, 5.74) is 3.63. The summed E-state index contributed by atoms with van der Waals surface area (Å²) in [6.45, 7) is 0.394. The van der Waals surface area contributed by atoms with E-state index >= 15 is 0 Å². The van der Waals surface area contributed by atoms with E-state index < -0.39 is 5.92 Å². The fourth-order valence-corrected chi connectivity index (χ4v) is 4.55. The van der Waals surface area contributed by atoms with E-state index in [0.717, 1.165) is 22.2 Å². The van der Waals surface area contributed by atoms with Crippen molar-refractivity contribution in [2.45, 2.75) is 18.9 Å². The van der Waals surface area contributed by atoms with Gasteiger partial charge in [-0.3, -0.25) is 19.0 Å². The van der Waals surface area contributed by atoms with Gasteiger partial charge in [-0.25, -0.2) is 4.98 Å². The standard InChI is InChI=1S/C26H20N4O3/c31-22-14-18(17-10-4-7-13-21(17)33-15-16-8-2-1-3-9-16)23-24(28-22)30-20-12-6-5-11-19(20)27-26(30)29-25(23)32/h1-13,18H,14-15H2,(H,28,31)(H,27,29,32). The number of imidazole rings is 1. The fourth-order valence-electron chi connectivity index (χ4n) is 4.55. The smallest absolute Gasteiger partial charge is 0.258 e. The lowest BCUT2D eigenvalue weighted by Crippen LogP contribution is -2.32. The number of ether oxygens (including phenoxy) is 1. The summed E-state index contributed by atoms with van der Waals surface area (Å²) < 4.78 is 7.96. The molecular weight excluding hydrogens is 416 g/mol. The summed E-state index contributed by atoms with van der Waals surface area (Å²) in [4.78, 5) is 33.5. The van der Waals surface area contributed by atoms with Crippen molar-refractivity contribution in [1.29, 1.82) is 0 Å². The Hall–Kier alpha value is -4.39. The third-order valence-corrected chi connectivity index (χ3v) is 6.04. The molecular formula is C26H20N4O3. The van der Waals surface area contributed by atoms with Gasteiger partial charge in [-0.2, -0.15) is 0 Å². The molecule has 0 aliphatic carbocycles. The molecule has 162 valence electrons. The quantitative estimate of drug-likeness (QED) is 0.441. The van der Waals surface area contributed by atoms with Crippen LogP contribution in [0.1, 0.15) is 29.0 Å². The molecule has 2 aromatic heterocycles.